The van der Waals surface area contributed by atoms with E-state index in [-0.39, 0.29) is 5.91 Å². The summed E-state index contributed by atoms with van der Waals surface area (Å²) in [5, 5.41) is 5.03. The van der Waals surface area contributed by atoms with Gasteiger partial charge in [-0.15, -0.1) is 11.3 Å². The van der Waals surface area contributed by atoms with Gasteiger partial charge in [0.05, 0.1) is 44.1 Å². The molecule has 0 unspecified atom stereocenters. The van der Waals surface area contributed by atoms with E-state index in [9.17, 15) is 4.79 Å². The second-order valence-electron chi connectivity index (χ2n) is 5.95. The van der Waals surface area contributed by atoms with Crippen LogP contribution >= 0.6 is 11.3 Å². The van der Waals surface area contributed by atoms with Crippen molar-refractivity contribution in [2.45, 2.75) is 6.92 Å². The second kappa shape index (κ2) is 8.13. The number of anilines is 2. The number of hydrogen-bond donors (Lipinski definition) is 2. The highest BCUT2D eigenvalue weighted by Crippen LogP contribution is 2.25. The third kappa shape index (κ3) is 4.24. The number of benzene rings is 1. The van der Waals surface area contributed by atoms with Gasteiger partial charge >= 0.3 is 0 Å². The molecule has 0 spiro atoms. The van der Waals surface area contributed by atoms with Crippen molar-refractivity contribution in [2.75, 3.05) is 42.9 Å². The molecule has 1 saturated heterocycles. The molecule has 2 aromatic rings. The maximum atomic E-state index is 12.2. The zero-order valence-corrected chi connectivity index (χ0v) is 14.8. The largest absolute Gasteiger partial charge is 0.359 e. The Morgan fingerprint density at radius 2 is 2.04 bits per heavy atom. The van der Waals surface area contributed by atoms with Crippen LogP contribution in [0.1, 0.15) is 11.8 Å². The van der Waals surface area contributed by atoms with E-state index in [2.05, 4.69) is 23.2 Å². The molecule has 1 amide bonds. The lowest BCUT2D eigenvalue weighted by atomic mass is 10.2. The van der Waals surface area contributed by atoms with Crippen molar-refractivity contribution in [2.24, 2.45) is 0 Å². The standard InChI is InChI=1S/C19H23N3OS/c1-2-21-11-13-22(14-12-21)18-8-4-3-7-17(18)20-19(23)10-9-16-6-5-15-24-16/h3-10,15H,2,11-14H2,1H3,(H,20,23)/p+1/b10-9+. The smallest absolute Gasteiger partial charge is 0.248 e. The summed E-state index contributed by atoms with van der Waals surface area (Å²) in [6.45, 7) is 7.77. The monoisotopic (exact) mass is 342 g/mol. The minimum absolute atomic E-state index is 0.0892. The van der Waals surface area contributed by atoms with Crippen molar-refractivity contribution < 1.29 is 9.69 Å². The Labute approximate surface area is 147 Å². The highest BCUT2D eigenvalue weighted by Gasteiger charge is 2.20. The van der Waals surface area contributed by atoms with E-state index in [4.69, 9.17) is 0 Å². The number of piperazine rings is 1. The van der Waals surface area contributed by atoms with Crippen LogP contribution in [0, 0.1) is 0 Å². The molecular formula is C19H24N3OS+. The topological polar surface area (TPSA) is 36.8 Å². The van der Waals surface area contributed by atoms with Crippen molar-refractivity contribution in [1.82, 2.24) is 0 Å². The molecular weight excluding hydrogens is 318 g/mol. The summed E-state index contributed by atoms with van der Waals surface area (Å²) >= 11 is 1.62. The van der Waals surface area contributed by atoms with Gasteiger partial charge in [0, 0.05) is 11.0 Å². The first-order chi connectivity index (χ1) is 11.8. The van der Waals surface area contributed by atoms with Crippen LogP contribution in [0.5, 0.6) is 0 Å². The third-order valence-electron chi connectivity index (χ3n) is 4.42. The number of amides is 1. The Bertz CT molecular complexity index is 688. The van der Waals surface area contributed by atoms with E-state index in [1.807, 2.05) is 41.8 Å². The first-order valence-corrected chi connectivity index (χ1v) is 9.34. The summed E-state index contributed by atoms with van der Waals surface area (Å²) < 4.78 is 0. The van der Waals surface area contributed by atoms with Gasteiger partial charge in [0.15, 0.2) is 0 Å². The minimum atomic E-state index is -0.0892. The summed E-state index contributed by atoms with van der Waals surface area (Å²) in [4.78, 5) is 17.3. The molecule has 0 atom stereocenters. The number of quaternary nitrogens is 1. The van der Waals surface area contributed by atoms with Crippen LogP contribution in [-0.2, 0) is 4.79 Å². The first-order valence-electron chi connectivity index (χ1n) is 8.46. The summed E-state index contributed by atoms with van der Waals surface area (Å²) in [5.74, 6) is -0.0892. The molecule has 0 radical (unpaired) electrons. The summed E-state index contributed by atoms with van der Waals surface area (Å²) in [5.41, 5.74) is 2.00. The predicted molar refractivity (Wildman–Crippen MR) is 102 cm³/mol. The quantitative estimate of drug-likeness (QED) is 0.817. The van der Waals surface area contributed by atoms with Crippen molar-refractivity contribution in [1.29, 1.82) is 0 Å². The Morgan fingerprint density at radius 1 is 1.25 bits per heavy atom. The van der Waals surface area contributed by atoms with Crippen LogP contribution in [-0.4, -0.2) is 38.6 Å². The molecule has 1 aliphatic heterocycles. The van der Waals surface area contributed by atoms with Gasteiger partial charge in [-0.1, -0.05) is 18.2 Å². The lowest BCUT2D eigenvalue weighted by molar-refractivity contribution is -0.898. The van der Waals surface area contributed by atoms with E-state index in [1.165, 1.54) is 6.54 Å². The van der Waals surface area contributed by atoms with Crippen molar-refractivity contribution in [3.05, 3.63) is 52.7 Å². The van der Waals surface area contributed by atoms with E-state index in [1.54, 1.807) is 22.3 Å². The molecule has 0 bridgehead atoms. The molecule has 2 heterocycles. The molecule has 3 rings (SSSR count). The third-order valence-corrected chi connectivity index (χ3v) is 5.25. The second-order valence-corrected chi connectivity index (χ2v) is 6.93. The van der Waals surface area contributed by atoms with Crippen LogP contribution in [0.3, 0.4) is 0 Å². The summed E-state index contributed by atoms with van der Waals surface area (Å²) in [6.07, 6.45) is 3.45. The van der Waals surface area contributed by atoms with E-state index >= 15 is 0 Å². The average Bonchev–Trinajstić information content (AvgIpc) is 3.14. The van der Waals surface area contributed by atoms with Gasteiger partial charge in [-0.25, -0.2) is 0 Å². The lowest BCUT2D eigenvalue weighted by Gasteiger charge is -2.34. The Hall–Kier alpha value is -2.11. The van der Waals surface area contributed by atoms with Gasteiger partial charge in [0.1, 0.15) is 0 Å². The number of para-hydroxylation sites is 2. The fraction of sp³-hybridized carbons (Fsp3) is 0.316. The van der Waals surface area contributed by atoms with Gasteiger partial charge in [-0.05, 0) is 36.6 Å². The number of rotatable bonds is 5. The SMILES string of the molecule is CC[NH+]1CCN(c2ccccc2NC(=O)/C=C/c2cccs2)CC1. The number of carbonyl (C=O) groups excluding carboxylic acids is 1. The zero-order chi connectivity index (χ0) is 16.8. The van der Waals surface area contributed by atoms with Gasteiger partial charge in [-0.2, -0.15) is 0 Å². The number of carbonyl (C=O) groups is 1. The molecule has 1 aromatic carbocycles. The van der Waals surface area contributed by atoms with E-state index < -0.39 is 0 Å². The Balaban J connectivity index is 1.67. The summed E-state index contributed by atoms with van der Waals surface area (Å²) in [6, 6.07) is 12.1. The van der Waals surface area contributed by atoms with Crippen molar-refractivity contribution >= 4 is 34.7 Å². The molecule has 1 aromatic heterocycles. The number of nitrogens with zero attached hydrogens (tertiary/aromatic N) is 1. The predicted octanol–water partition coefficient (Wildman–Crippen LogP) is 2.12. The Kier molecular flexibility index (Phi) is 5.67. The van der Waals surface area contributed by atoms with Gasteiger partial charge in [0.25, 0.3) is 0 Å². The van der Waals surface area contributed by atoms with Gasteiger partial charge in [0.2, 0.25) is 5.91 Å². The van der Waals surface area contributed by atoms with E-state index in [0.29, 0.717) is 0 Å². The molecule has 126 valence electrons. The average molecular weight is 342 g/mol. The van der Waals surface area contributed by atoms with Crippen molar-refractivity contribution in [3.63, 3.8) is 0 Å². The highest BCUT2D eigenvalue weighted by molar-refractivity contribution is 7.10. The highest BCUT2D eigenvalue weighted by atomic mass is 32.1. The lowest BCUT2D eigenvalue weighted by Crippen LogP contribution is -3.14. The molecule has 1 aliphatic rings. The van der Waals surface area contributed by atoms with Crippen LogP contribution in [0.25, 0.3) is 6.08 Å². The maximum Gasteiger partial charge on any atom is 0.248 e. The number of nitrogens with one attached hydrogen (secondary N) is 2. The van der Waals surface area contributed by atoms with E-state index in [0.717, 1.165) is 42.4 Å². The molecule has 1 fully saturated rings. The number of hydrogen-bond acceptors (Lipinski definition) is 3. The molecule has 24 heavy (non-hydrogen) atoms. The molecule has 0 aliphatic carbocycles. The number of thiophene rings is 1. The van der Waals surface area contributed by atoms with Gasteiger partial charge < -0.3 is 15.1 Å². The molecule has 4 nitrogen and oxygen atoms in total. The Morgan fingerprint density at radius 3 is 2.75 bits per heavy atom. The first kappa shape index (κ1) is 16.7. The molecule has 2 N–H and O–H groups in total. The number of likely N-dealkylation sites (N-methyl/N-ethyl adjacent to an activating group) is 1. The van der Waals surface area contributed by atoms with Crippen LogP contribution < -0.4 is 15.1 Å². The normalized spacial score (nSPS) is 15.8. The van der Waals surface area contributed by atoms with Crippen LogP contribution in [0.2, 0.25) is 0 Å². The van der Waals surface area contributed by atoms with Gasteiger partial charge in [-0.3, -0.25) is 4.79 Å². The minimum Gasteiger partial charge on any atom is -0.359 e. The fourth-order valence-electron chi connectivity index (χ4n) is 2.99. The maximum absolute atomic E-state index is 12.2. The van der Waals surface area contributed by atoms with Crippen molar-refractivity contribution in [3.8, 4) is 0 Å². The van der Waals surface area contributed by atoms with Crippen LogP contribution in [0.15, 0.2) is 47.9 Å². The van der Waals surface area contributed by atoms with Crippen LogP contribution in [0.4, 0.5) is 11.4 Å². The summed E-state index contributed by atoms with van der Waals surface area (Å²) in [7, 11) is 0. The molecule has 5 heteroatoms. The zero-order valence-electron chi connectivity index (χ0n) is 14.0. The fourth-order valence-corrected chi connectivity index (χ4v) is 3.61. The molecule has 0 saturated carbocycles.